The highest BCUT2D eigenvalue weighted by Gasteiger charge is 2.13. The Balaban J connectivity index is 1.91. The smallest absolute Gasteiger partial charge is 0.295 e. The van der Waals surface area contributed by atoms with E-state index in [0.29, 0.717) is 10.9 Å². The summed E-state index contributed by atoms with van der Waals surface area (Å²) in [5, 5.41) is 22.9. The first kappa shape index (κ1) is 17.3. The average molecular weight is 423 g/mol. The van der Waals surface area contributed by atoms with Gasteiger partial charge in [0.2, 0.25) is 15.9 Å². The van der Waals surface area contributed by atoms with Gasteiger partial charge >= 0.3 is 0 Å². The molecule has 0 atom stereocenters. The number of amides is 1. The highest BCUT2D eigenvalue weighted by atomic mass is 79.9. The van der Waals surface area contributed by atoms with Crippen LogP contribution in [0.5, 0.6) is 5.88 Å². The van der Waals surface area contributed by atoms with E-state index in [2.05, 4.69) is 31.1 Å². The summed E-state index contributed by atoms with van der Waals surface area (Å²) in [6.45, 7) is 0. The average Bonchev–Trinajstić information content (AvgIpc) is 2.86. The molecule has 3 aromatic rings. The van der Waals surface area contributed by atoms with Crippen molar-refractivity contribution in [3.63, 3.8) is 0 Å². The summed E-state index contributed by atoms with van der Waals surface area (Å²) >= 11 is 3.32. The molecule has 4 N–H and O–H groups in total. The number of H-pyrrole nitrogens is 1. The van der Waals surface area contributed by atoms with Crippen LogP contribution in [-0.4, -0.2) is 24.4 Å². The van der Waals surface area contributed by atoms with Crippen LogP contribution in [0.3, 0.4) is 0 Å². The molecular formula is C15H11BrN4O4S. The largest absolute Gasteiger partial charge is 0.493 e. The minimum atomic E-state index is -3.83. The Morgan fingerprint density at radius 1 is 1.16 bits per heavy atom. The Labute approximate surface area is 150 Å². The number of carbonyl (C=O) groups is 1. The zero-order chi connectivity index (χ0) is 18.2. The fraction of sp³-hybridized carbons (Fsp3) is 0. The topological polar surface area (TPSA) is 138 Å². The van der Waals surface area contributed by atoms with Crippen LogP contribution in [0, 0.1) is 0 Å². The fourth-order valence-corrected chi connectivity index (χ4v) is 3.05. The summed E-state index contributed by atoms with van der Waals surface area (Å²) in [6.07, 6.45) is 0. The van der Waals surface area contributed by atoms with E-state index in [1.54, 1.807) is 18.2 Å². The number of nitrogens with one attached hydrogen (secondary N) is 1. The molecule has 2 aromatic carbocycles. The second-order valence-corrected chi connectivity index (χ2v) is 7.56. The van der Waals surface area contributed by atoms with Crippen molar-refractivity contribution in [1.29, 1.82) is 0 Å². The van der Waals surface area contributed by atoms with Crippen molar-refractivity contribution in [2.75, 3.05) is 0 Å². The van der Waals surface area contributed by atoms with Gasteiger partial charge in [-0.15, -0.1) is 10.2 Å². The van der Waals surface area contributed by atoms with E-state index >= 15 is 0 Å². The third-order valence-corrected chi connectivity index (χ3v) is 4.81. The summed E-state index contributed by atoms with van der Waals surface area (Å²) < 4.78 is 23.2. The lowest BCUT2D eigenvalue weighted by Gasteiger charge is -1.99. The van der Waals surface area contributed by atoms with E-state index in [0.717, 1.165) is 4.47 Å². The van der Waals surface area contributed by atoms with Crippen molar-refractivity contribution in [2.24, 2.45) is 15.4 Å². The Kier molecular flexibility index (Phi) is 4.41. The van der Waals surface area contributed by atoms with Crippen LogP contribution >= 0.6 is 15.9 Å². The molecule has 10 heteroatoms. The van der Waals surface area contributed by atoms with Gasteiger partial charge in [0, 0.05) is 15.4 Å². The molecule has 0 fully saturated rings. The third-order valence-electron chi connectivity index (χ3n) is 3.38. The molecule has 0 saturated carbocycles. The minimum Gasteiger partial charge on any atom is -0.493 e. The number of primary sulfonamides is 1. The predicted octanol–water partition coefficient (Wildman–Crippen LogP) is 3.21. The standard InChI is InChI=1S/C15H11BrN4O4S/c16-9-3-6-12-11(7-9)13(15(22)18-12)19-20-14(21)8-1-4-10(5-2-8)25(17,23)24/h1-7,18,22H,(H2,17,23,24). The molecule has 8 nitrogen and oxygen atoms in total. The molecule has 0 saturated heterocycles. The van der Waals surface area contributed by atoms with E-state index in [9.17, 15) is 18.3 Å². The number of fused-ring (bicyclic) bond motifs is 1. The summed E-state index contributed by atoms with van der Waals surface area (Å²) in [6, 6.07) is 10.2. The maximum absolute atomic E-state index is 12.1. The number of rotatable bonds is 3. The number of nitrogens with zero attached hydrogens (tertiary/aromatic N) is 2. The molecular weight excluding hydrogens is 412 g/mol. The first-order chi connectivity index (χ1) is 11.8. The Hall–Kier alpha value is -2.56. The number of aromatic nitrogens is 1. The molecule has 25 heavy (non-hydrogen) atoms. The van der Waals surface area contributed by atoms with Gasteiger partial charge in [0.05, 0.1) is 10.4 Å². The van der Waals surface area contributed by atoms with Crippen molar-refractivity contribution in [3.8, 4) is 5.88 Å². The van der Waals surface area contributed by atoms with Gasteiger partial charge in [-0.05, 0) is 42.5 Å². The van der Waals surface area contributed by atoms with Gasteiger partial charge in [-0.1, -0.05) is 15.9 Å². The number of hydrogen-bond acceptors (Lipinski definition) is 5. The van der Waals surface area contributed by atoms with Crippen molar-refractivity contribution < 1.29 is 18.3 Å². The van der Waals surface area contributed by atoms with Crippen molar-refractivity contribution >= 4 is 48.5 Å². The number of benzene rings is 2. The molecule has 0 aliphatic rings. The van der Waals surface area contributed by atoms with Gasteiger partial charge in [-0.3, -0.25) is 4.79 Å². The van der Waals surface area contributed by atoms with Crippen LogP contribution in [0.1, 0.15) is 10.4 Å². The molecule has 1 heterocycles. The molecule has 3 rings (SSSR count). The molecule has 0 bridgehead atoms. The quantitative estimate of drug-likeness (QED) is 0.557. The number of aromatic hydroxyl groups is 1. The first-order valence-electron chi connectivity index (χ1n) is 6.85. The Morgan fingerprint density at radius 2 is 1.84 bits per heavy atom. The second kappa shape index (κ2) is 6.39. The van der Waals surface area contributed by atoms with Gasteiger partial charge < -0.3 is 10.1 Å². The lowest BCUT2D eigenvalue weighted by atomic mass is 10.2. The Morgan fingerprint density at radius 3 is 2.48 bits per heavy atom. The number of halogens is 1. The zero-order valence-corrected chi connectivity index (χ0v) is 14.9. The number of nitrogens with two attached hydrogens (primary N) is 1. The second-order valence-electron chi connectivity index (χ2n) is 5.09. The van der Waals surface area contributed by atoms with E-state index < -0.39 is 15.9 Å². The van der Waals surface area contributed by atoms with Crippen LogP contribution in [0.2, 0.25) is 0 Å². The van der Waals surface area contributed by atoms with Crippen LogP contribution in [0.15, 0.2) is 62.1 Å². The van der Waals surface area contributed by atoms with Crippen molar-refractivity contribution in [3.05, 3.63) is 52.5 Å². The SMILES string of the molecule is NS(=O)(=O)c1ccc(C(=O)N=Nc2c(O)[nH]c3ccc(Br)cc23)cc1. The molecule has 0 aliphatic heterocycles. The zero-order valence-electron chi connectivity index (χ0n) is 12.5. The van der Waals surface area contributed by atoms with Gasteiger partial charge in [-0.2, -0.15) is 0 Å². The number of aromatic amines is 1. The summed E-state index contributed by atoms with van der Waals surface area (Å²) in [5.41, 5.74) is 0.905. The maximum atomic E-state index is 12.1. The predicted molar refractivity (Wildman–Crippen MR) is 94.3 cm³/mol. The summed E-state index contributed by atoms with van der Waals surface area (Å²) in [4.78, 5) is 14.7. The van der Waals surface area contributed by atoms with E-state index in [1.165, 1.54) is 24.3 Å². The van der Waals surface area contributed by atoms with Gasteiger partial charge in [-0.25, -0.2) is 13.6 Å². The van der Waals surface area contributed by atoms with Crippen molar-refractivity contribution in [1.82, 2.24) is 4.98 Å². The van der Waals surface area contributed by atoms with E-state index in [1.807, 2.05) is 0 Å². The monoisotopic (exact) mass is 422 g/mol. The first-order valence-corrected chi connectivity index (χ1v) is 9.19. The maximum Gasteiger partial charge on any atom is 0.295 e. The fourth-order valence-electron chi connectivity index (χ4n) is 2.18. The summed E-state index contributed by atoms with van der Waals surface area (Å²) in [7, 11) is -3.83. The molecule has 0 unspecified atom stereocenters. The molecule has 0 aliphatic carbocycles. The number of hydrogen-bond donors (Lipinski definition) is 3. The van der Waals surface area contributed by atoms with E-state index in [-0.39, 0.29) is 22.0 Å². The third kappa shape index (κ3) is 3.60. The molecule has 0 spiro atoms. The molecule has 1 amide bonds. The Bertz CT molecular complexity index is 1100. The minimum absolute atomic E-state index is 0.111. The van der Waals surface area contributed by atoms with Crippen molar-refractivity contribution in [2.45, 2.75) is 4.90 Å². The van der Waals surface area contributed by atoms with Crippen LogP contribution in [0.25, 0.3) is 10.9 Å². The summed E-state index contributed by atoms with van der Waals surface area (Å²) in [5.74, 6) is -0.904. The highest BCUT2D eigenvalue weighted by molar-refractivity contribution is 9.10. The van der Waals surface area contributed by atoms with E-state index in [4.69, 9.17) is 5.14 Å². The highest BCUT2D eigenvalue weighted by Crippen LogP contribution is 2.36. The van der Waals surface area contributed by atoms with Crippen LogP contribution < -0.4 is 5.14 Å². The normalized spacial score (nSPS) is 12.1. The van der Waals surface area contributed by atoms with Gasteiger partial charge in [0.15, 0.2) is 5.69 Å². The lowest BCUT2D eigenvalue weighted by molar-refractivity contribution is 0.0995. The molecule has 1 aromatic heterocycles. The number of azo groups is 1. The molecule has 128 valence electrons. The molecule has 0 radical (unpaired) electrons. The van der Waals surface area contributed by atoms with Gasteiger partial charge in [0.1, 0.15) is 0 Å². The van der Waals surface area contributed by atoms with Crippen LogP contribution in [-0.2, 0) is 10.0 Å². The number of carbonyl (C=O) groups excluding carboxylic acids is 1. The number of sulfonamides is 1. The van der Waals surface area contributed by atoms with Gasteiger partial charge in [0.25, 0.3) is 5.91 Å². The lowest BCUT2D eigenvalue weighted by Crippen LogP contribution is -2.12. The van der Waals surface area contributed by atoms with Crippen LogP contribution in [0.4, 0.5) is 5.69 Å².